The summed E-state index contributed by atoms with van der Waals surface area (Å²) in [6, 6.07) is 7.54. The number of benzene rings is 1. The average Bonchev–Trinajstić information content (AvgIpc) is 3.12. The first kappa shape index (κ1) is 20.2. The Bertz CT molecular complexity index is 879. The van der Waals surface area contributed by atoms with Gasteiger partial charge in [0.15, 0.2) is 12.8 Å². The second-order valence-corrected chi connectivity index (χ2v) is 8.57. The van der Waals surface area contributed by atoms with Crippen molar-refractivity contribution in [1.29, 1.82) is 0 Å². The van der Waals surface area contributed by atoms with Crippen LogP contribution in [-0.2, 0) is 15.9 Å². The van der Waals surface area contributed by atoms with E-state index in [0.717, 1.165) is 21.2 Å². The van der Waals surface area contributed by atoms with Gasteiger partial charge in [0, 0.05) is 23.5 Å². The zero-order valence-corrected chi connectivity index (χ0v) is 17.2. The molecular weight excluding hydrogens is 358 g/mol. The summed E-state index contributed by atoms with van der Waals surface area (Å²) in [6.45, 7) is 9.59. The molecule has 1 aliphatic heterocycles. The third-order valence-corrected chi connectivity index (χ3v) is 4.72. The highest BCUT2D eigenvalue weighted by Gasteiger charge is 2.46. The molecule has 2 heterocycles. The fourth-order valence-corrected chi connectivity index (χ4v) is 3.44. The van der Waals surface area contributed by atoms with Crippen LogP contribution < -0.4 is 0 Å². The minimum atomic E-state index is -0.832. The van der Waals surface area contributed by atoms with Gasteiger partial charge in [-0.2, -0.15) is 0 Å². The lowest BCUT2D eigenvalue weighted by Gasteiger charge is -2.33. The van der Waals surface area contributed by atoms with Gasteiger partial charge in [-0.1, -0.05) is 18.2 Å². The molecule has 1 aromatic heterocycles. The average molecular weight is 387 g/mol. The largest absolute Gasteiger partial charge is 0.624 e. The van der Waals surface area contributed by atoms with Gasteiger partial charge in [-0.3, -0.25) is 4.90 Å². The lowest BCUT2D eigenvalue weighted by atomic mass is 10.1. The van der Waals surface area contributed by atoms with E-state index in [4.69, 9.17) is 9.47 Å². The number of para-hydroxylation sites is 1. The van der Waals surface area contributed by atoms with Crippen molar-refractivity contribution < 1.29 is 19.0 Å². The molecule has 28 heavy (non-hydrogen) atoms. The molecule has 1 unspecified atom stereocenters. The highest BCUT2D eigenvalue weighted by Crippen LogP contribution is 2.28. The quantitative estimate of drug-likeness (QED) is 0.376. The lowest BCUT2D eigenvalue weighted by molar-refractivity contribution is -0.454. The van der Waals surface area contributed by atoms with Gasteiger partial charge < -0.3 is 19.7 Å². The summed E-state index contributed by atoms with van der Waals surface area (Å²) >= 11 is 0. The second kappa shape index (κ2) is 7.47. The number of carbonyl (C=O) groups is 1. The number of aromatic amines is 1. The number of amides is 1. The number of hydrogen-bond acceptors (Lipinski definition) is 4. The summed E-state index contributed by atoms with van der Waals surface area (Å²) in [5, 5.41) is 13.6. The van der Waals surface area contributed by atoms with Crippen LogP contribution in [0.1, 0.15) is 40.2 Å². The molecule has 152 valence electrons. The predicted molar refractivity (Wildman–Crippen MR) is 108 cm³/mol. The molecular formula is C21H29N3O4. The van der Waals surface area contributed by atoms with E-state index in [9.17, 15) is 10.0 Å². The van der Waals surface area contributed by atoms with Gasteiger partial charge in [-0.15, -0.1) is 0 Å². The molecule has 1 amide bonds. The minimum Gasteiger partial charge on any atom is -0.624 e. The summed E-state index contributed by atoms with van der Waals surface area (Å²) in [6.07, 6.45) is 3.56. The Morgan fingerprint density at radius 2 is 2.14 bits per heavy atom. The SMILES string of the molecule is CC(C)(C)OC(=O)N1C(/C=[N+](\[O-])CCc2c[nH]c3ccccc23)COC1(C)C. The molecule has 1 aliphatic rings. The third kappa shape index (κ3) is 4.47. The summed E-state index contributed by atoms with van der Waals surface area (Å²) < 4.78 is 12.1. The number of nitrogens with zero attached hydrogens (tertiary/aromatic N) is 2. The van der Waals surface area contributed by atoms with Crippen LogP contribution >= 0.6 is 0 Å². The Balaban J connectivity index is 1.70. The van der Waals surface area contributed by atoms with Crippen molar-refractivity contribution in [2.45, 2.75) is 58.4 Å². The lowest BCUT2D eigenvalue weighted by Crippen LogP contribution is -2.51. The van der Waals surface area contributed by atoms with E-state index < -0.39 is 23.5 Å². The van der Waals surface area contributed by atoms with Crippen LogP contribution in [-0.4, -0.2) is 57.5 Å². The maximum atomic E-state index is 12.6. The van der Waals surface area contributed by atoms with Gasteiger partial charge in [0.05, 0.1) is 6.61 Å². The first-order valence-electron chi connectivity index (χ1n) is 9.57. The molecule has 0 aliphatic carbocycles. The molecule has 1 aromatic carbocycles. The van der Waals surface area contributed by atoms with Gasteiger partial charge >= 0.3 is 6.09 Å². The normalized spacial score (nSPS) is 20.0. The number of H-pyrrole nitrogens is 1. The molecule has 7 heteroatoms. The van der Waals surface area contributed by atoms with Crippen LogP contribution in [0.3, 0.4) is 0 Å². The highest BCUT2D eigenvalue weighted by atomic mass is 16.6. The number of fused-ring (bicyclic) bond motifs is 1. The van der Waals surface area contributed by atoms with Gasteiger partial charge in [0.25, 0.3) is 0 Å². The Labute approximate surface area is 165 Å². The minimum absolute atomic E-state index is 0.262. The van der Waals surface area contributed by atoms with E-state index in [1.54, 1.807) is 13.8 Å². The Hall–Kier alpha value is -2.54. The Morgan fingerprint density at radius 1 is 1.43 bits per heavy atom. The van der Waals surface area contributed by atoms with E-state index in [2.05, 4.69) is 4.98 Å². The smallest absolute Gasteiger partial charge is 0.413 e. The Morgan fingerprint density at radius 3 is 2.86 bits per heavy atom. The molecule has 1 atom stereocenters. The molecule has 7 nitrogen and oxygen atoms in total. The molecule has 0 spiro atoms. The zero-order chi connectivity index (χ0) is 20.5. The predicted octanol–water partition coefficient (Wildman–Crippen LogP) is 3.66. The van der Waals surface area contributed by atoms with Crippen molar-refractivity contribution in [3.05, 3.63) is 41.2 Å². The summed E-state index contributed by atoms with van der Waals surface area (Å²) in [4.78, 5) is 17.4. The summed E-state index contributed by atoms with van der Waals surface area (Å²) in [5.41, 5.74) is 0.700. The first-order chi connectivity index (χ1) is 13.1. The highest BCUT2D eigenvalue weighted by molar-refractivity contribution is 5.83. The van der Waals surface area contributed by atoms with Crippen LogP contribution in [0.2, 0.25) is 0 Å². The molecule has 2 aromatic rings. The maximum Gasteiger partial charge on any atom is 0.413 e. The number of hydrogen-bond donors (Lipinski definition) is 1. The van der Waals surface area contributed by atoms with Gasteiger partial charge in [-0.25, -0.2) is 9.53 Å². The number of rotatable bonds is 4. The van der Waals surface area contributed by atoms with Crippen molar-refractivity contribution in [2.24, 2.45) is 0 Å². The van der Waals surface area contributed by atoms with Crippen LogP contribution in [0.5, 0.6) is 0 Å². The summed E-state index contributed by atoms with van der Waals surface area (Å²) in [7, 11) is 0. The van der Waals surface area contributed by atoms with E-state index >= 15 is 0 Å². The van der Waals surface area contributed by atoms with E-state index in [0.29, 0.717) is 13.0 Å². The molecule has 0 radical (unpaired) electrons. The number of nitrogens with one attached hydrogen (secondary N) is 1. The monoisotopic (exact) mass is 387 g/mol. The van der Waals surface area contributed by atoms with E-state index in [1.165, 1.54) is 11.1 Å². The molecule has 1 fully saturated rings. The number of hydroxylamine groups is 1. The molecule has 3 rings (SSSR count). The van der Waals surface area contributed by atoms with Crippen LogP contribution in [0.25, 0.3) is 10.9 Å². The Kier molecular flexibility index (Phi) is 5.39. The first-order valence-corrected chi connectivity index (χ1v) is 9.57. The molecule has 0 bridgehead atoms. The van der Waals surface area contributed by atoms with Crippen LogP contribution in [0, 0.1) is 5.21 Å². The van der Waals surface area contributed by atoms with Crippen molar-refractivity contribution in [1.82, 2.24) is 9.88 Å². The standard InChI is InChI=1S/C21H29N3O4/c1-20(2,3)28-19(25)24-16(14-27-21(24,4)5)13-23(26)11-10-15-12-22-18-9-7-6-8-17(15)18/h6-9,12-13,16,22H,10-11,14H2,1-5H3/b23-13-. The van der Waals surface area contributed by atoms with E-state index in [1.807, 2.05) is 51.2 Å². The maximum absolute atomic E-state index is 12.6. The van der Waals surface area contributed by atoms with Crippen molar-refractivity contribution in [3.63, 3.8) is 0 Å². The number of carbonyl (C=O) groups excluding carboxylic acids is 1. The molecule has 1 N–H and O–H groups in total. The second-order valence-electron chi connectivity index (χ2n) is 8.57. The van der Waals surface area contributed by atoms with E-state index in [-0.39, 0.29) is 6.61 Å². The molecule has 0 saturated carbocycles. The number of ether oxygens (including phenoxy) is 2. The van der Waals surface area contributed by atoms with Gasteiger partial charge in [0.2, 0.25) is 0 Å². The van der Waals surface area contributed by atoms with Crippen molar-refractivity contribution >= 4 is 23.2 Å². The fourth-order valence-electron chi connectivity index (χ4n) is 3.44. The number of aromatic nitrogens is 1. The summed E-state index contributed by atoms with van der Waals surface area (Å²) in [5.74, 6) is 0. The van der Waals surface area contributed by atoms with Crippen LogP contribution in [0.4, 0.5) is 4.79 Å². The van der Waals surface area contributed by atoms with Gasteiger partial charge in [-0.05, 0) is 46.2 Å². The van der Waals surface area contributed by atoms with Crippen molar-refractivity contribution in [2.75, 3.05) is 13.2 Å². The third-order valence-electron chi connectivity index (χ3n) is 4.72. The topological polar surface area (TPSA) is 80.6 Å². The van der Waals surface area contributed by atoms with Crippen molar-refractivity contribution in [3.8, 4) is 0 Å². The van der Waals surface area contributed by atoms with Crippen LogP contribution in [0.15, 0.2) is 30.5 Å². The van der Waals surface area contributed by atoms with Gasteiger partial charge in [0.1, 0.15) is 17.4 Å². The fraction of sp³-hybridized carbons (Fsp3) is 0.524. The zero-order valence-electron chi connectivity index (χ0n) is 17.2. The molecule has 1 saturated heterocycles.